The highest BCUT2D eigenvalue weighted by Crippen LogP contribution is 2.15. The van der Waals surface area contributed by atoms with Crippen molar-refractivity contribution in [2.45, 2.75) is 38.5 Å². The standard InChI is InChI=1S/C10H23NO3S/c1-9(12)8-11(5)6-7-15(13,14)10(2,3)4/h9,12H,6-8H2,1-5H3. The second-order valence-electron chi connectivity index (χ2n) is 5.04. The Hall–Kier alpha value is -0.130. The van der Waals surface area contributed by atoms with Crippen LogP contribution in [0.3, 0.4) is 0 Å². The van der Waals surface area contributed by atoms with Crippen LogP contribution in [0, 0.1) is 0 Å². The summed E-state index contributed by atoms with van der Waals surface area (Å²) in [6.45, 7) is 7.77. The first-order chi connectivity index (χ1) is 6.56. The van der Waals surface area contributed by atoms with Crippen molar-refractivity contribution in [1.82, 2.24) is 4.90 Å². The molecule has 0 radical (unpaired) electrons. The van der Waals surface area contributed by atoms with E-state index in [2.05, 4.69) is 0 Å². The summed E-state index contributed by atoms with van der Waals surface area (Å²) in [6.07, 6.45) is -0.424. The number of rotatable bonds is 5. The first kappa shape index (κ1) is 14.9. The van der Waals surface area contributed by atoms with Gasteiger partial charge in [0.25, 0.3) is 0 Å². The van der Waals surface area contributed by atoms with Gasteiger partial charge in [-0.3, -0.25) is 0 Å². The minimum atomic E-state index is -3.05. The highest BCUT2D eigenvalue weighted by Gasteiger charge is 2.28. The maximum atomic E-state index is 11.8. The summed E-state index contributed by atoms with van der Waals surface area (Å²) in [7, 11) is -1.24. The summed E-state index contributed by atoms with van der Waals surface area (Å²) < 4.78 is 22.8. The fourth-order valence-corrected chi connectivity index (χ4v) is 2.29. The van der Waals surface area contributed by atoms with E-state index >= 15 is 0 Å². The van der Waals surface area contributed by atoms with Crippen LogP contribution >= 0.6 is 0 Å². The number of aliphatic hydroxyl groups is 1. The van der Waals surface area contributed by atoms with E-state index < -0.39 is 20.7 Å². The zero-order chi connectivity index (χ0) is 12.3. The molecular formula is C10H23NO3S. The molecular weight excluding hydrogens is 214 g/mol. The van der Waals surface area contributed by atoms with Crippen molar-refractivity contribution in [2.24, 2.45) is 0 Å². The van der Waals surface area contributed by atoms with Crippen molar-refractivity contribution in [2.75, 3.05) is 25.9 Å². The quantitative estimate of drug-likeness (QED) is 0.757. The van der Waals surface area contributed by atoms with Crippen LogP contribution in [0.1, 0.15) is 27.7 Å². The van der Waals surface area contributed by atoms with Crippen LogP contribution in [-0.2, 0) is 9.84 Å². The van der Waals surface area contributed by atoms with Crippen molar-refractivity contribution in [3.05, 3.63) is 0 Å². The molecule has 1 atom stereocenters. The molecule has 0 aromatic carbocycles. The molecule has 0 amide bonds. The molecule has 5 heteroatoms. The Morgan fingerprint density at radius 1 is 1.33 bits per heavy atom. The van der Waals surface area contributed by atoms with Crippen molar-refractivity contribution in [3.63, 3.8) is 0 Å². The highest BCUT2D eigenvalue weighted by atomic mass is 32.2. The van der Waals surface area contributed by atoms with E-state index in [9.17, 15) is 8.42 Å². The fourth-order valence-electron chi connectivity index (χ4n) is 1.12. The maximum Gasteiger partial charge on any atom is 0.156 e. The van der Waals surface area contributed by atoms with Gasteiger partial charge in [0, 0.05) is 13.1 Å². The Morgan fingerprint density at radius 3 is 2.13 bits per heavy atom. The Balaban J connectivity index is 4.17. The molecule has 1 N–H and O–H groups in total. The maximum absolute atomic E-state index is 11.8. The molecule has 0 bridgehead atoms. The van der Waals surface area contributed by atoms with Gasteiger partial charge < -0.3 is 10.0 Å². The summed E-state index contributed by atoms with van der Waals surface area (Å²) >= 11 is 0. The lowest BCUT2D eigenvalue weighted by Gasteiger charge is -2.23. The van der Waals surface area contributed by atoms with Crippen molar-refractivity contribution in [1.29, 1.82) is 0 Å². The molecule has 0 aromatic heterocycles. The number of nitrogens with zero attached hydrogens (tertiary/aromatic N) is 1. The lowest BCUT2D eigenvalue weighted by atomic mass is 10.3. The smallest absolute Gasteiger partial charge is 0.156 e. The van der Waals surface area contributed by atoms with Gasteiger partial charge >= 0.3 is 0 Å². The van der Waals surface area contributed by atoms with Crippen molar-refractivity contribution < 1.29 is 13.5 Å². The average Bonchev–Trinajstić information content (AvgIpc) is 1.97. The Labute approximate surface area is 93.2 Å². The van der Waals surface area contributed by atoms with Crippen LogP contribution in [0.15, 0.2) is 0 Å². The van der Waals surface area contributed by atoms with Gasteiger partial charge in [0.1, 0.15) is 0 Å². The summed E-state index contributed by atoms with van der Waals surface area (Å²) in [6, 6.07) is 0. The molecule has 0 rings (SSSR count). The van der Waals surface area contributed by atoms with Gasteiger partial charge in [0.15, 0.2) is 9.84 Å². The third-order valence-electron chi connectivity index (χ3n) is 2.25. The van der Waals surface area contributed by atoms with Crippen LogP contribution in [0.25, 0.3) is 0 Å². The van der Waals surface area contributed by atoms with Crippen LogP contribution in [0.4, 0.5) is 0 Å². The van der Waals surface area contributed by atoms with E-state index in [1.54, 1.807) is 27.7 Å². The Kier molecular flexibility index (Phi) is 5.23. The fraction of sp³-hybridized carbons (Fsp3) is 1.00. The molecule has 0 spiro atoms. The topological polar surface area (TPSA) is 57.6 Å². The summed E-state index contributed by atoms with van der Waals surface area (Å²) in [5.41, 5.74) is 0. The zero-order valence-corrected chi connectivity index (χ0v) is 11.1. The van der Waals surface area contributed by atoms with Crippen molar-refractivity contribution >= 4 is 9.84 Å². The molecule has 1 unspecified atom stereocenters. The van der Waals surface area contributed by atoms with E-state index in [0.717, 1.165) is 0 Å². The third-order valence-corrected chi connectivity index (χ3v) is 4.84. The summed E-state index contributed by atoms with van der Waals surface area (Å²) in [4.78, 5) is 1.83. The Bertz CT molecular complexity index is 278. The number of hydrogen-bond acceptors (Lipinski definition) is 4. The predicted molar refractivity (Wildman–Crippen MR) is 62.7 cm³/mol. The molecule has 15 heavy (non-hydrogen) atoms. The van der Waals surface area contributed by atoms with Gasteiger partial charge in [-0.1, -0.05) is 0 Å². The second kappa shape index (κ2) is 5.27. The molecule has 4 nitrogen and oxygen atoms in total. The third kappa shape index (κ3) is 5.49. The van der Waals surface area contributed by atoms with Gasteiger partial charge in [-0.05, 0) is 34.7 Å². The van der Waals surface area contributed by atoms with E-state index in [-0.39, 0.29) is 5.75 Å². The molecule has 0 aliphatic heterocycles. The van der Waals surface area contributed by atoms with Gasteiger partial charge in [0.2, 0.25) is 0 Å². The molecule has 0 fully saturated rings. The van der Waals surface area contributed by atoms with Crippen LogP contribution in [-0.4, -0.2) is 55.2 Å². The van der Waals surface area contributed by atoms with E-state index in [1.165, 1.54) is 0 Å². The zero-order valence-electron chi connectivity index (χ0n) is 10.3. The number of hydrogen-bond donors (Lipinski definition) is 1. The minimum absolute atomic E-state index is 0.139. The average molecular weight is 237 g/mol. The van der Waals surface area contributed by atoms with Gasteiger partial charge in [-0.2, -0.15) is 0 Å². The molecule has 0 saturated carbocycles. The predicted octanol–water partition coefficient (Wildman–Crippen LogP) is 0.512. The second-order valence-corrected chi connectivity index (χ2v) is 7.90. The summed E-state index contributed by atoms with van der Waals surface area (Å²) in [5.74, 6) is 0.139. The van der Waals surface area contributed by atoms with E-state index in [0.29, 0.717) is 13.1 Å². The lowest BCUT2D eigenvalue weighted by molar-refractivity contribution is 0.144. The monoisotopic (exact) mass is 237 g/mol. The molecule has 92 valence electrons. The lowest BCUT2D eigenvalue weighted by Crippen LogP contribution is -2.37. The number of aliphatic hydroxyl groups excluding tert-OH is 1. The molecule has 0 heterocycles. The van der Waals surface area contributed by atoms with Gasteiger partial charge in [0.05, 0.1) is 16.6 Å². The molecule has 0 saturated heterocycles. The Morgan fingerprint density at radius 2 is 1.80 bits per heavy atom. The van der Waals surface area contributed by atoms with Crippen LogP contribution < -0.4 is 0 Å². The van der Waals surface area contributed by atoms with Crippen molar-refractivity contribution in [3.8, 4) is 0 Å². The first-order valence-corrected chi connectivity index (χ1v) is 6.80. The highest BCUT2D eigenvalue weighted by molar-refractivity contribution is 7.92. The van der Waals surface area contributed by atoms with Gasteiger partial charge in [-0.15, -0.1) is 0 Å². The number of sulfone groups is 1. The van der Waals surface area contributed by atoms with Crippen LogP contribution in [0.5, 0.6) is 0 Å². The molecule has 0 aliphatic carbocycles. The van der Waals surface area contributed by atoms with Crippen LogP contribution in [0.2, 0.25) is 0 Å². The number of likely N-dealkylation sites (N-methyl/N-ethyl adjacent to an activating group) is 1. The summed E-state index contributed by atoms with van der Waals surface area (Å²) in [5, 5.41) is 9.12. The molecule has 0 aromatic rings. The minimum Gasteiger partial charge on any atom is -0.392 e. The normalized spacial score (nSPS) is 15.7. The van der Waals surface area contributed by atoms with E-state index in [4.69, 9.17) is 5.11 Å². The van der Waals surface area contributed by atoms with Gasteiger partial charge in [-0.25, -0.2) is 8.42 Å². The molecule has 0 aliphatic rings. The largest absolute Gasteiger partial charge is 0.392 e. The first-order valence-electron chi connectivity index (χ1n) is 5.15. The van der Waals surface area contributed by atoms with E-state index in [1.807, 2.05) is 11.9 Å². The SMILES string of the molecule is CC(O)CN(C)CCS(=O)(=O)C(C)(C)C.